The Balaban J connectivity index is 2.64. The maximum Gasteiger partial charge on any atom is 0.305 e. The molecule has 1 heterocycles. The van der Waals surface area contributed by atoms with Gasteiger partial charge < -0.3 is 102 Å². The number of hydrogen-bond donors (Lipinski definition) is 18. The van der Waals surface area contributed by atoms with Gasteiger partial charge >= 0.3 is 5.97 Å². The number of benzene rings is 1. The van der Waals surface area contributed by atoms with Crippen molar-refractivity contribution in [1.29, 1.82) is 0 Å². The molecule has 1 fully saturated rings. The topological polar surface area (TPSA) is 517 Å². The van der Waals surface area contributed by atoms with Gasteiger partial charge in [-0.2, -0.15) is 11.8 Å². The Kier molecular flexibility index (Phi) is 36.0. The summed E-state index contributed by atoms with van der Waals surface area (Å²) in [6, 6.07) is -6.52. The average Bonchev–Trinajstić information content (AvgIpc) is 3.63. The lowest BCUT2D eigenvalue weighted by molar-refractivity contribution is -0.142. The van der Waals surface area contributed by atoms with Crippen molar-refractivity contribution in [2.45, 2.75) is 171 Å². The van der Waals surface area contributed by atoms with Crippen LogP contribution in [0.3, 0.4) is 0 Å². The Bertz CT molecular complexity index is 2410. The van der Waals surface area contributed by atoms with Crippen LogP contribution in [-0.4, -0.2) is 211 Å². The van der Waals surface area contributed by atoms with E-state index in [0.29, 0.717) is 17.1 Å². The average molecular weight is 1250 g/mol. The lowest BCUT2D eigenvalue weighted by atomic mass is 10.00. The SMILES string of the molecule is CCC(=O)OCCSCCC(=O)N[C@@H](CCN)C(=O)N[C@H](C(=O)N[C@@H](CCN)C(=O)N[C@H]1CCNC(=O)[C@H]([C@@H](C)O)NC(=O)[C@H](CCN)NC(=O)[C@H](CCN)NC(=O)[C@H](CC(C)C)NC(=O)[C@@H](Cc2ccccc2)NC(=O)[C@H](CCN)NC1=O)[C@@H](C)O. The lowest BCUT2D eigenvalue weighted by Crippen LogP contribution is -2.62. The summed E-state index contributed by atoms with van der Waals surface area (Å²) < 4.78 is 5.02. The van der Waals surface area contributed by atoms with Crippen molar-refractivity contribution in [3.63, 3.8) is 0 Å². The molecule has 0 aliphatic carbocycles. The number of thioether (sulfide) groups is 1. The maximum absolute atomic E-state index is 14.5. The first-order valence-corrected chi connectivity index (χ1v) is 30.4. The van der Waals surface area contributed by atoms with Crippen LogP contribution in [0.5, 0.6) is 0 Å². The number of rotatable bonds is 30. The molecule has 32 heteroatoms. The summed E-state index contributed by atoms with van der Waals surface area (Å²) in [5.74, 6) is -9.90. The van der Waals surface area contributed by atoms with Gasteiger partial charge in [-0.25, -0.2) is 0 Å². The molecule has 31 nitrogen and oxygen atoms in total. The molecule has 0 radical (unpaired) electrons. The Morgan fingerprint density at radius 3 is 1.63 bits per heavy atom. The molecule has 0 spiro atoms. The van der Waals surface area contributed by atoms with E-state index >= 15 is 0 Å². The van der Waals surface area contributed by atoms with Crippen molar-refractivity contribution < 1.29 is 72.5 Å². The summed E-state index contributed by atoms with van der Waals surface area (Å²) >= 11 is 1.34. The van der Waals surface area contributed by atoms with Crippen molar-refractivity contribution in [2.24, 2.45) is 34.6 Å². The van der Waals surface area contributed by atoms with Gasteiger partial charge in [-0.3, -0.25) is 57.5 Å². The minimum absolute atomic E-state index is 0.0338. The van der Waals surface area contributed by atoms with Crippen molar-refractivity contribution in [3.8, 4) is 0 Å². The first-order valence-electron chi connectivity index (χ1n) is 29.3. The molecule has 87 heavy (non-hydrogen) atoms. The second kappa shape index (κ2) is 41.1. The summed E-state index contributed by atoms with van der Waals surface area (Å²) in [5, 5.41) is 49.4. The molecule has 490 valence electrons. The number of nitrogens with one attached hydrogen (secondary N) is 11. The number of ether oxygens (including phenoxy) is 1. The molecule has 0 bridgehead atoms. The Labute approximate surface area is 511 Å². The number of aliphatic hydroxyl groups excluding tert-OH is 2. The summed E-state index contributed by atoms with van der Waals surface area (Å²) in [4.78, 5) is 165. The highest BCUT2D eigenvalue weighted by Gasteiger charge is 2.37. The van der Waals surface area contributed by atoms with Gasteiger partial charge in [-0.1, -0.05) is 51.1 Å². The predicted molar refractivity (Wildman–Crippen MR) is 321 cm³/mol. The Morgan fingerprint density at radius 1 is 0.609 bits per heavy atom. The third-order valence-electron chi connectivity index (χ3n) is 13.5. The Hall–Kier alpha value is -7.07. The van der Waals surface area contributed by atoms with E-state index in [2.05, 4.69) is 58.5 Å². The third-order valence-corrected chi connectivity index (χ3v) is 14.4. The van der Waals surface area contributed by atoms with Gasteiger partial charge in [-0.15, -0.1) is 0 Å². The molecule has 11 amide bonds. The van der Waals surface area contributed by atoms with Gasteiger partial charge in [0.05, 0.1) is 12.2 Å². The van der Waals surface area contributed by atoms with E-state index in [4.69, 9.17) is 33.4 Å². The van der Waals surface area contributed by atoms with Gasteiger partial charge in [0.2, 0.25) is 65.0 Å². The van der Waals surface area contributed by atoms with Crippen LogP contribution < -0.4 is 87.2 Å². The van der Waals surface area contributed by atoms with Crippen LogP contribution in [0.15, 0.2) is 30.3 Å². The fourth-order valence-electron chi connectivity index (χ4n) is 8.72. The third kappa shape index (κ3) is 28.1. The number of esters is 1. The zero-order valence-corrected chi connectivity index (χ0v) is 51.1. The maximum atomic E-state index is 14.5. The highest BCUT2D eigenvalue weighted by Crippen LogP contribution is 2.12. The van der Waals surface area contributed by atoms with Gasteiger partial charge in [0.15, 0.2) is 0 Å². The van der Waals surface area contributed by atoms with Gasteiger partial charge in [0.1, 0.15) is 67.0 Å². The molecule has 2 rings (SSSR count). The van der Waals surface area contributed by atoms with E-state index in [0.717, 1.165) is 0 Å². The zero-order valence-electron chi connectivity index (χ0n) is 50.3. The smallest absolute Gasteiger partial charge is 0.305 e. The molecule has 1 aromatic carbocycles. The number of carbonyl (C=O) groups is 12. The lowest BCUT2D eigenvalue weighted by Gasteiger charge is -2.29. The molecule has 1 aliphatic heterocycles. The molecular weight excluding hydrogens is 1160 g/mol. The first-order chi connectivity index (χ1) is 41.3. The molecule has 0 saturated carbocycles. The van der Waals surface area contributed by atoms with Crippen LogP contribution in [0.25, 0.3) is 0 Å². The van der Waals surface area contributed by atoms with Crippen molar-refractivity contribution in [2.75, 3.05) is 57.4 Å². The highest BCUT2D eigenvalue weighted by molar-refractivity contribution is 7.99. The van der Waals surface area contributed by atoms with Crippen LogP contribution in [0.1, 0.15) is 98.0 Å². The van der Waals surface area contributed by atoms with E-state index < -0.39 is 151 Å². The fourth-order valence-corrected chi connectivity index (χ4v) is 9.46. The molecule has 1 aromatic rings. The number of hydrogen-bond acceptors (Lipinski definition) is 21. The number of carbonyl (C=O) groups excluding carboxylic acids is 12. The van der Waals surface area contributed by atoms with E-state index in [1.54, 1.807) is 51.1 Å². The van der Waals surface area contributed by atoms with Gasteiger partial charge in [0.25, 0.3) is 0 Å². The fraction of sp³-hybridized carbons (Fsp3) is 0.673. The minimum atomic E-state index is -1.75. The van der Waals surface area contributed by atoms with Crippen LogP contribution in [0, 0.1) is 5.92 Å². The molecule has 23 N–H and O–H groups in total. The number of aliphatic hydroxyl groups is 2. The summed E-state index contributed by atoms with van der Waals surface area (Å²) in [7, 11) is 0. The van der Waals surface area contributed by atoms with Crippen LogP contribution in [-0.2, 0) is 68.7 Å². The minimum Gasteiger partial charge on any atom is -0.465 e. The largest absolute Gasteiger partial charge is 0.465 e. The second-order valence-corrected chi connectivity index (χ2v) is 22.4. The molecular formula is C55H94N16O15S. The normalized spacial score (nSPS) is 22.2. The summed E-state index contributed by atoms with van der Waals surface area (Å²) in [5.41, 5.74) is 29.9. The highest BCUT2D eigenvalue weighted by atomic mass is 32.2. The zero-order chi connectivity index (χ0) is 65.2. The van der Waals surface area contributed by atoms with Crippen molar-refractivity contribution in [3.05, 3.63) is 35.9 Å². The summed E-state index contributed by atoms with van der Waals surface area (Å²) in [6.45, 7) is 6.44. The standard InChI is InChI=1S/C55H94N16O15S/c1-6-43(75)86-25-27-87-26-18-42(74)62-34(12-19-56)50(80)71-45(32(5)73)55(85)67-37(15-22-59)47(77)66-39-17-24-61-54(84)44(31(4)72)70-51(81)38(16-23-60)64-46(76)35(13-20-57)65-52(82)40(28-30(2)3)68-53(83)41(29-33-10-8-7-9-11-33)69-48(78)36(14-21-58)63-49(39)79/h7-11,30-32,34-41,44-45,72-73H,6,12-29,56-60H2,1-5H3,(H,61,84)(H,62,74)(H,63,79)(H,64,76)(H,65,82)(H,66,77)(H,67,85)(H,68,83)(H,69,78)(H,70,81)(H,71,80)/t31-,32-,34+,35+,36+,37+,38+,39+,40+,41-,44+,45+/m1/s1. The number of amides is 11. The summed E-state index contributed by atoms with van der Waals surface area (Å²) in [6.07, 6.45) is -4.52. The Morgan fingerprint density at radius 2 is 1.11 bits per heavy atom. The molecule has 12 atom stereocenters. The van der Waals surface area contributed by atoms with E-state index in [9.17, 15) is 67.7 Å². The molecule has 1 aliphatic rings. The van der Waals surface area contributed by atoms with E-state index in [1.807, 2.05) is 0 Å². The monoisotopic (exact) mass is 1250 g/mol. The predicted octanol–water partition coefficient (Wildman–Crippen LogP) is -6.77. The van der Waals surface area contributed by atoms with Crippen LogP contribution in [0.2, 0.25) is 0 Å². The van der Waals surface area contributed by atoms with Gasteiger partial charge in [0, 0.05) is 37.3 Å². The van der Waals surface area contributed by atoms with Crippen molar-refractivity contribution >= 4 is 82.7 Å². The molecule has 1 saturated heterocycles. The van der Waals surface area contributed by atoms with Crippen LogP contribution in [0.4, 0.5) is 0 Å². The van der Waals surface area contributed by atoms with Gasteiger partial charge in [-0.05, 0) is 103 Å². The van der Waals surface area contributed by atoms with Crippen molar-refractivity contribution in [1.82, 2.24) is 58.5 Å². The van der Waals surface area contributed by atoms with E-state index in [1.165, 1.54) is 25.6 Å². The molecule has 0 unspecified atom stereocenters. The van der Waals surface area contributed by atoms with Crippen LogP contribution >= 0.6 is 11.8 Å². The quantitative estimate of drug-likeness (QED) is 0.0251. The van der Waals surface area contributed by atoms with E-state index in [-0.39, 0.29) is 109 Å². The molecule has 0 aromatic heterocycles. The first kappa shape index (κ1) is 76.0. The second-order valence-electron chi connectivity index (χ2n) is 21.2. The number of nitrogens with two attached hydrogens (primary N) is 5.